The Morgan fingerprint density at radius 1 is 1.10 bits per heavy atom. The number of hydrogen-bond acceptors (Lipinski definition) is 9. The van der Waals surface area contributed by atoms with Crippen LogP contribution in [0.4, 0.5) is 4.39 Å². The average molecular weight is 668 g/mol. The highest BCUT2D eigenvalue weighted by Gasteiger charge is 2.49. The molecule has 3 fully saturated rings. The van der Waals surface area contributed by atoms with Gasteiger partial charge < -0.3 is 25.8 Å². The van der Waals surface area contributed by atoms with Gasteiger partial charge in [-0.05, 0) is 50.5 Å². The Bertz CT molecular complexity index is 1570. The van der Waals surface area contributed by atoms with Crippen molar-refractivity contribution in [3.63, 3.8) is 0 Å². The zero-order chi connectivity index (χ0) is 34.6. The van der Waals surface area contributed by atoms with Gasteiger partial charge in [0.1, 0.15) is 28.7 Å². The lowest BCUT2D eigenvalue weighted by Gasteiger charge is -2.37. The molecule has 1 aliphatic carbocycles. The van der Waals surface area contributed by atoms with Gasteiger partial charge in [0.15, 0.2) is 0 Å². The van der Waals surface area contributed by atoms with E-state index in [2.05, 4.69) is 20.6 Å². The minimum absolute atomic E-state index is 0.0110. The van der Waals surface area contributed by atoms with Gasteiger partial charge in [0.25, 0.3) is 17.7 Å². The molecule has 0 radical (unpaired) electrons. The van der Waals surface area contributed by atoms with Gasteiger partial charge in [0.2, 0.25) is 11.7 Å². The van der Waals surface area contributed by atoms with Crippen molar-refractivity contribution in [3.05, 3.63) is 47.5 Å². The van der Waals surface area contributed by atoms with Gasteiger partial charge in [-0.25, -0.2) is 14.1 Å². The van der Waals surface area contributed by atoms with E-state index in [1.807, 2.05) is 0 Å². The van der Waals surface area contributed by atoms with E-state index in [4.69, 9.17) is 10.5 Å². The van der Waals surface area contributed by atoms with Crippen molar-refractivity contribution >= 4 is 35.1 Å². The van der Waals surface area contributed by atoms with Crippen LogP contribution in [0.25, 0.3) is 0 Å². The van der Waals surface area contributed by atoms with Crippen molar-refractivity contribution in [1.82, 2.24) is 25.2 Å². The fourth-order valence-electron chi connectivity index (χ4n) is 6.89. The van der Waals surface area contributed by atoms with Crippen LogP contribution >= 0.6 is 0 Å². The number of hydrogen-bond donors (Lipinski definition) is 3. The standard InChI is InChI=1S/C33H42FN7O7/c1-32(2,47)26-18-36-39-41(26)23-17-25(30(45)38-33(27(42)28(35)43)12-14-48-15-13-33)40(19-23)31(46)24(16-20-6-4-3-5-7-20)37-29(44)21-8-10-22(34)11-9-21/h8-11,18,20,23,25,47H,3-7,12-17,19H2,1-2H3,(H2,35,43)(H,38,45)/t23-,25-/m0/s1. The van der Waals surface area contributed by atoms with Crippen LogP contribution in [-0.2, 0) is 29.5 Å². The summed E-state index contributed by atoms with van der Waals surface area (Å²) in [6.45, 7) is 3.27. The molecule has 4 N–H and O–H groups in total. The van der Waals surface area contributed by atoms with E-state index in [1.165, 1.54) is 27.9 Å². The minimum Gasteiger partial charge on any atom is -0.384 e. The molecule has 48 heavy (non-hydrogen) atoms. The van der Waals surface area contributed by atoms with Crippen molar-refractivity contribution in [2.45, 2.75) is 94.9 Å². The number of nitrogens with zero attached hydrogens (tertiary/aromatic N) is 5. The maximum atomic E-state index is 14.5. The first-order chi connectivity index (χ1) is 22.8. The number of ether oxygens (including phenoxy) is 1. The fraction of sp³-hybridized carbons (Fsp3) is 0.576. The molecule has 3 aliphatic rings. The van der Waals surface area contributed by atoms with Crippen molar-refractivity contribution in [2.75, 3.05) is 19.8 Å². The number of likely N-dealkylation sites (tertiary alicyclic amines) is 1. The Morgan fingerprint density at radius 3 is 2.40 bits per heavy atom. The second-order valence-electron chi connectivity index (χ2n) is 13.4. The summed E-state index contributed by atoms with van der Waals surface area (Å²) < 4.78 is 20.4. The largest absolute Gasteiger partial charge is 0.384 e. The van der Waals surface area contributed by atoms with Crippen LogP contribution in [0.1, 0.15) is 93.7 Å². The summed E-state index contributed by atoms with van der Waals surface area (Å²) in [5, 5.41) is 21.6. The van der Waals surface area contributed by atoms with Gasteiger partial charge in [-0.15, -0.1) is 5.10 Å². The van der Waals surface area contributed by atoms with Crippen molar-refractivity contribution in [1.29, 1.82) is 0 Å². The summed E-state index contributed by atoms with van der Waals surface area (Å²) in [5.74, 6) is -4.67. The lowest BCUT2D eigenvalue weighted by atomic mass is 9.84. The van der Waals surface area contributed by atoms with Crippen LogP contribution in [0.15, 0.2) is 35.5 Å². The van der Waals surface area contributed by atoms with E-state index >= 15 is 0 Å². The van der Waals surface area contributed by atoms with Crippen LogP contribution in [-0.4, -0.2) is 91.5 Å². The number of Topliss-reactive ketones (excluding diaryl/α,β-unsaturated/α-hetero) is 1. The number of primary amides is 1. The summed E-state index contributed by atoms with van der Waals surface area (Å²) in [7, 11) is 0. The van der Waals surface area contributed by atoms with Gasteiger partial charge >= 0.3 is 0 Å². The molecule has 0 spiro atoms. The highest BCUT2D eigenvalue weighted by atomic mass is 19.1. The van der Waals surface area contributed by atoms with Crippen molar-refractivity contribution in [2.24, 2.45) is 16.6 Å². The predicted molar refractivity (Wildman–Crippen MR) is 169 cm³/mol. The number of carbonyl (C=O) groups is 5. The van der Waals surface area contributed by atoms with Crippen LogP contribution in [0.3, 0.4) is 0 Å². The van der Waals surface area contributed by atoms with E-state index in [0.29, 0.717) is 5.69 Å². The SMILES string of the molecule is CC(C)(O)c1cnnn1[C@H]1C[C@@H](C(=O)NC2(C(=O)C(N)=O)CCOCC2)N(C(=O)C(CC2CCCCC2)=NC(=O)c2ccc(F)cc2)C1. The Hall–Kier alpha value is -4.37. The Balaban J connectivity index is 1.52. The molecular formula is C33H42FN7O7. The van der Waals surface area contributed by atoms with E-state index in [9.17, 15) is 33.5 Å². The number of halogens is 1. The third-order valence-electron chi connectivity index (χ3n) is 9.54. The fourth-order valence-corrected chi connectivity index (χ4v) is 6.89. The second kappa shape index (κ2) is 14.4. The number of rotatable bonds is 10. The Morgan fingerprint density at radius 2 is 1.77 bits per heavy atom. The van der Waals surface area contributed by atoms with E-state index < -0.39 is 58.5 Å². The molecule has 1 saturated carbocycles. The molecule has 15 heteroatoms. The zero-order valence-corrected chi connectivity index (χ0v) is 27.2. The van der Waals surface area contributed by atoms with E-state index in [0.717, 1.165) is 44.2 Å². The summed E-state index contributed by atoms with van der Waals surface area (Å²) in [6, 6.07) is 3.04. The number of aromatic nitrogens is 3. The molecule has 2 aromatic rings. The molecule has 1 aromatic heterocycles. The number of amides is 4. The highest BCUT2D eigenvalue weighted by Crippen LogP contribution is 2.34. The molecule has 5 rings (SSSR count). The average Bonchev–Trinajstić information content (AvgIpc) is 3.73. The normalized spacial score (nSPS) is 21.9. The molecule has 258 valence electrons. The van der Waals surface area contributed by atoms with E-state index in [1.54, 1.807) is 13.8 Å². The monoisotopic (exact) mass is 667 g/mol. The Kier molecular flexibility index (Phi) is 10.5. The lowest BCUT2D eigenvalue weighted by molar-refractivity contribution is -0.146. The molecule has 0 unspecified atom stereocenters. The molecule has 3 heterocycles. The molecule has 2 saturated heterocycles. The topological polar surface area (TPSA) is 199 Å². The minimum atomic E-state index is -1.61. The van der Waals surface area contributed by atoms with Gasteiger partial charge in [-0.2, -0.15) is 0 Å². The smallest absolute Gasteiger partial charge is 0.287 e. The number of ketones is 1. The van der Waals surface area contributed by atoms with E-state index in [-0.39, 0.29) is 62.6 Å². The molecule has 2 atom stereocenters. The van der Waals surface area contributed by atoms with Crippen LogP contribution in [0.2, 0.25) is 0 Å². The zero-order valence-electron chi connectivity index (χ0n) is 27.2. The third-order valence-corrected chi connectivity index (χ3v) is 9.54. The molecule has 2 aliphatic heterocycles. The van der Waals surface area contributed by atoms with Gasteiger partial charge in [-0.3, -0.25) is 24.0 Å². The first-order valence-electron chi connectivity index (χ1n) is 16.3. The summed E-state index contributed by atoms with van der Waals surface area (Å²) >= 11 is 0. The van der Waals surface area contributed by atoms with Gasteiger partial charge in [-0.1, -0.05) is 37.3 Å². The molecular weight excluding hydrogens is 625 g/mol. The summed E-state index contributed by atoms with van der Waals surface area (Å²) in [4.78, 5) is 72.6. The summed E-state index contributed by atoms with van der Waals surface area (Å²) in [5.41, 5.74) is 2.83. The number of nitrogens with two attached hydrogens (primary N) is 1. The lowest BCUT2D eigenvalue weighted by Crippen LogP contribution is -2.63. The number of aliphatic imine (C=N–C) groups is 1. The number of aliphatic hydroxyl groups is 1. The van der Waals surface area contributed by atoms with Crippen LogP contribution in [0, 0.1) is 11.7 Å². The van der Waals surface area contributed by atoms with Gasteiger partial charge in [0, 0.05) is 44.6 Å². The first kappa shape index (κ1) is 35.0. The Labute approximate surface area is 277 Å². The number of carbonyl (C=O) groups excluding carboxylic acids is 5. The predicted octanol–water partition coefficient (Wildman–Crippen LogP) is 1.76. The molecule has 14 nitrogen and oxygen atoms in total. The molecule has 1 aromatic carbocycles. The van der Waals surface area contributed by atoms with Crippen LogP contribution < -0.4 is 11.1 Å². The second-order valence-corrected chi connectivity index (χ2v) is 13.4. The van der Waals surface area contributed by atoms with Crippen molar-refractivity contribution < 1.29 is 38.2 Å². The van der Waals surface area contributed by atoms with Crippen molar-refractivity contribution in [3.8, 4) is 0 Å². The first-order valence-corrected chi connectivity index (χ1v) is 16.3. The highest BCUT2D eigenvalue weighted by molar-refractivity contribution is 6.41. The maximum Gasteiger partial charge on any atom is 0.287 e. The third kappa shape index (κ3) is 7.67. The van der Waals surface area contributed by atoms with Crippen LogP contribution in [0.5, 0.6) is 0 Å². The maximum absolute atomic E-state index is 14.5. The molecule has 4 amide bonds. The number of benzene rings is 1. The quantitative estimate of drug-likeness (QED) is 0.250. The summed E-state index contributed by atoms with van der Waals surface area (Å²) in [6.07, 6.45) is 6.34. The number of nitrogens with one attached hydrogen (secondary N) is 1. The van der Waals surface area contributed by atoms with Gasteiger partial charge in [0.05, 0.1) is 17.9 Å². The molecule has 0 bridgehead atoms.